The third-order valence-electron chi connectivity index (χ3n) is 5.82. The van der Waals surface area contributed by atoms with Crippen LogP contribution in [0.3, 0.4) is 0 Å². The van der Waals surface area contributed by atoms with E-state index in [9.17, 15) is 0 Å². The molecule has 0 N–H and O–H groups in total. The fraction of sp³-hybridized carbons (Fsp3) is 0.462. The SMILES string of the molecule is CC(C)c1cccc(C(C)C)c1N(/C=C/N(c1c(C(C)C)cccc1C(C)C)[As](Cl)Cl)[As](Cl)Cl. The van der Waals surface area contributed by atoms with E-state index in [-0.39, 0.29) is 0 Å². The quantitative estimate of drug-likeness (QED) is 0.233. The molecule has 8 heteroatoms. The standard InChI is InChI=1S/C26H36As2Cl4N2/c1-17(2)21-11-9-12-22(18(3)4)25(21)33(27(29)30)15-16-34(28(31)32)26-23(19(5)6)13-10-14-24(26)20(7)8/h9-20H,1-8H3/b16-15+. The monoisotopic (exact) mass is 666 g/mol. The summed E-state index contributed by atoms with van der Waals surface area (Å²) in [5.41, 5.74) is 7.16. The molecule has 2 nitrogen and oxygen atoms in total. The molecule has 0 saturated carbocycles. The van der Waals surface area contributed by atoms with Crippen LogP contribution in [0.2, 0.25) is 0 Å². The number of benzene rings is 2. The van der Waals surface area contributed by atoms with Crippen LogP contribution in [0.1, 0.15) is 101 Å². The second kappa shape index (κ2) is 13.6. The molecule has 34 heavy (non-hydrogen) atoms. The second-order valence-electron chi connectivity index (χ2n) is 9.61. The molecular formula is C26H36As2Cl4N2. The van der Waals surface area contributed by atoms with Crippen molar-refractivity contribution in [3.63, 3.8) is 0 Å². The minimum atomic E-state index is -2.38. The maximum atomic E-state index is 6.72. The molecule has 0 fully saturated rings. The van der Waals surface area contributed by atoms with Crippen LogP contribution in [0.25, 0.3) is 0 Å². The second-order valence-corrected chi connectivity index (χ2v) is 21.7. The fourth-order valence-corrected chi connectivity index (χ4v) is 8.98. The summed E-state index contributed by atoms with van der Waals surface area (Å²) >= 11 is -4.76. The van der Waals surface area contributed by atoms with Gasteiger partial charge < -0.3 is 0 Å². The summed E-state index contributed by atoms with van der Waals surface area (Å²) in [4.78, 5) is 0. The van der Waals surface area contributed by atoms with Crippen molar-refractivity contribution >= 4 is 77.2 Å². The van der Waals surface area contributed by atoms with Gasteiger partial charge >= 0.3 is 235 Å². The van der Waals surface area contributed by atoms with Crippen LogP contribution in [0, 0.1) is 0 Å². The van der Waals surface area contributed by atoms with E-state index in [4.69, 9.17) is 39.8 Å². The Hall–Kier alpha value is 0.0569. The predicted octanol–water partition coefficient (Wildman–Crippen LogP) is 9.89. The van der Waals surface area contributed by atoms with Crippen LogP contribution in [-0.4, -0.2) is 26.0 Å². The van der Waals surface area contributed by atoms with Gasteiger partial charge in [-0.05, 0) is 0 Å². The summed E-state index contributed by atoms with van der Waals surface area (Å²) in [6.45, 7) is 17.6. The van der Waals surface area contributed by atoms with E-state index in [1.165, 1.54) is 22.3 Å². The van der Waals surface area contributed by atoms with Gasteiger partial charge in [-0.3, -0.25) is 0 Å². The van der Waals surface area contributed by atoms with E-state index < -0.39 is 26.0 Å². The number of hydrogen-bond acceptors (Lipinski definition) is 2. The van der Waals surface area contributed by atoms with E-state index in [0.717, 1.165) is 11.4 Å². The van der Waals surface area contributed by atoms with Crippen molar-refractivity contribution in [2.24, 2.45) is 0 Å². The van der Waals surface area contributed by atoms with Gasteiger partial charge in [0.05, 0.1) is 0 Å². The molecule has 0 radical (unpaired) electrons. The Balaban J connectivity index is 2.72. The average molecular weight is 668 g/mol. The van der Waals surface area contributed by atoms with Crippen molar-refractivity contribution in [3.8, 4) is 0 Å². The zero-order valence-corrected chi connectivity index (χ0v) is 28.0. The number of halogens is 4. The summed E-state index contributed by atoms with van der Waals surface area (Å²) in [5.74, 6) is 1.34. The van der Waals surface area contributed by atoms with Crippen LogP contribution in [-0.2, 0) is 0 Å². The van der Waals surface area contributed by atoms with Crippen LogP contribution in [0.5, 0.6) is 0 Å². The number of para-hydroxylation sites is 2. The van der Waals surface area contributed by atoms with Gasteiger partial charge in [-0.1, -0.05) is 0 Å². The van der Waals surface area contributed by atoms with Crippen LogP contribution < -0.4 is 7.63 Å². The van der Waals surface area contributed by atoms with Crippen LogP contribution in [0.15, 0.2) is 48.8 Å². The number of nitrogens with zero attached hydrogens (tertiary/aromatic N) is 2. The summed E-state index contributed by atoms with van der Waals surface area (Å²) in [6, 6.07) is 12.9. The minimum absolute atomic E-state index is 0.334. The first-order valence-electron chi connectivity index (χ1n) is 11.6. The molecular weight excluding hydrogens is 632 g/mol. The predicted molar refractivity (Wildman–Crippen MR) is 158 cm³/mol. The Morgan fingerprint density at radius 3 is 0.941 bits per heavy atom. The molecule has 0 unspecified atom stereocenters. The van der Waals surface area contributed by atoms with E-state index in [2.05, 4.69) is 99.4 Å². The van der Waals surface area contributed by atoms with Gasteiger partial charge in [-0.25, -0.2) is 0 Å². The van der Waals surface area contributed by atoms with Gasteiger partial charge in [-0.2, -0.15) is 0 Å². The van der Waals surface area contributed by atoms with Gasteiger partial charge in [0.2, 0.25) is 0 Å². The van der Waals surface area contributed by atoms with Crippen LogP contribution in [0.4, 0.5) is 11.4 Å². The molecule has 188 valence electrons. The average Bonchev–Trinajstić information content (AvgIpc) is 2.75. The van der Waals surface area contributed by atoms with Gasteiger partial charge in [0.15, 0.2) is 0 Å². The Morgan fingerprint density at radius 2 is 0.765 bits per heavy atom. The first-order valence-corrected chi connectivity index (χ1v) is 23.2. The molecule has 2 aromatic carbocycles. The fourth-order valence-electron chi connectivity index (χ4n) is 4.08. The van der Waals surface area contributed by atoms with Gasteiger partial charge in [0.25, 0.3) is 0 Å². The Kier molecular flexibility index (Phi) is 12.1. The third-order valence-corrected chi connectivity index (χ3v) is 12.0. The van der Waals surface area contributed by atoms with E-state index >= 15 is 0 Å². The van der Waals surface area contributed by atoms with Crippen LogP contribution >= 0.6 is 39.8 Å². The Labute approximate surface area is 233 Å². The van der Waals surface area contributed by atoms with Crippen molar-refractivity contribution in [1.82, 2.24) is 0 Å². The van der Waals surface area contributed by atoms with Crippen molar-refractivity contribution < 1.29 is 0 Å². The molecule has 2 rings (SSSR count). The molecule has 0 aliphatic carbocycles. The topological polar surface area (TPSA) is 6.48 Å². The maximum absolute atomic E-state index is 6.72. The molecule has 2 aromatic rings. The first kappa shape index (κ1) is 30.3. The molecule has 0 saturated heterocycles. The van der Waals surface area contributed by atoms with Gasteiger partial charge in [0.1, 0.15) is 0 Å². The van der Waals surface area contributed by atoms with Crippen molar-refractivity contribution in [2.75, 3.05) is 7.63 Å². The molecule has 0 bridgehead atoms. The molecule has 0 spiro atoms. The number of anilines is 2. The molecule has 0 amide bonds. The summed E-state index contributed by atoms with van der Waals surface area (Å²) < 4.78 is 4.15. The Morgan fingerprint density at radius 1 is 0.529 bits per heavy atom. The molecule has 0 aliphatic rings. The third kappa shape index (κ3) is 7.31. The summed E-state index contributed by atoms with van der Waals surface area (Å²) in [5, 5.41) is 0. The normalized spacial score (nSPS) is 12.4. The van der Waals surface area contributed by atoms with Gasteiger partial charge in [-0.15, -0.1) is 0 Å². The first-order chi connectivity index (χ1) is 15.9. The van der Waals surface area contributed by atoms with Gasteiger partial charge in [0, 0.05) is 0 Å². The van der Waals surface area contributed by atoms with E-state index in [1.54, 1.807) is 0 Å². The summed E-state index contributed by atoms with van der Waals surface area (Å²) in [6.07, 6.45) is 4.00. The van der Waals surface area contributed by atoms with Crippen molar-refractivity contribution in [3.05, 3.63) is 71.1 Å². The molecule has 0 atom stereocenters. The van der Waals surface area contributed by atoms with Crippen molar-refractivity contribution in [2.45, 2.75) is 79.1 Å². The zero-order chi connectivity index (χ0) is 25.7. The number of hydrogen-bond donors (Lipinski definition) is 0. The molecule has 0 aliphatic heterocycles. The van der Waals surface area contributed by atoms with E-state index in [1.807, 2.05) is 12.4 Å². The summed E-state index contributed by atoms with van der Waals surface area (Å²) in [7, 11) is 26.9. The number of rotatable bonds is 10. The van der Waals surface area contributed by atoms with E-state index in [0.29, 0.717) is 23.7 Å². The zero-order valence-electron chi connectivity index (χ0n) is 21.2. The Bertz CT molecular complexity index is 845. The van der Waals surface area contributed by atoms with Crippen molar-refractivity contribution in [1.29, 1.82) is 0 Å². The molecule has 0 aromatic heterocycles. The molecule has 0 heterocycles.